The average molecular weight is 384 g/mol. The van der Waals surface area contributed by atoms with Crippen molar-refractivity contribution in [3.05, 3.63) is 52.7 Å². The first-order chi connectivity index (χ1) is 12.9. The van der Waals surface area contributed by atoms with Gasteiger partial charge in [0.05, 0.1) is 18.2 Å². The first-order valence-electron chi connectivity index (χ1n) is 8.78. The van der Waals surface area contributed by atoms with E-state index >= 15 is 0 Å². The van der Waals surface area contributed by atoms with Crippen molar-refractivity contribution in [2.24, 2.45) is 5.10 Å². The number of benzene rings is 1. The molecule has 0 spiro atoms. The number of nitrogens with one attached hydrogen (secondary N) is 1. The van der Waals surface area contributed by atoms with Crippen LogP contribution < -0.4 is 5.43 Å². The molecule has 3 aromatic rings. The molecule has 0 unspecified atom stereocenters. The first-order valence-corrected chi connectivity index (χ1v) is 9.59. The summed E-state index contributed by atoms with van der Waals surface area (Å²) in [6, 6.07) is 10.3. The quantitative estimate of drug-likeness (QED) is 0.483. The number of rotatable bonds is 7. The zero-order valence-corrected chi connectivity index (χ0v) is 16.9. The summed E-state index contributed by atoms with van der Waals surface area (Å²) >= 11 is 1.57. The lowest BCUT2D eigenvalue weighted by atomic mass is 9.93. The number of hydrogen-bond acceptors (Lipinski definition) is 7. The second-order valence-corrected chi connectivity index (χ2v) is 8.47. The number of aliphatic hydroxyl groups is 1. The molecule has 0 aliphatic rings. The van der Waals surface area contributed by atoms with E-state index in [2.05, 4.69) is 51.6 Å². The molecule has 2 aromatic heterocycles. The van der Waals surface area contributed by atoms with Crippen LogP contribution in [0.25, 0.3) is 10.2 Å². The van der Waals surface area contributed by atoms with E-state index in [-0.39, 0.29) is 12.0 Å². The minimum Gasteiger partial charge on any atom is -0.395 e. The lowest BCUT2D eigenvalue weighted by Gasteiger charge is -2.18. The summed E-state index contributed by atoms with van der Waals surface area (Å²) in [7, 11) is 4.11. The fourth-order valence-corrected chi connectivity index (χ4v) is 3.69. The largest absolute Gasteiger partial charge is 0.395 e. The Morgan fingerprint density at radius 2 is 1.96 bits per heavy atom. The molecule has 3 rings (SSSR count). The Morgan fingerprint density at radius 1 is 1.22 bits per heavy atom. The summed E-state index contributed by atoms with van der Waals surface area (Å²) in [4.78, 5) is 12.7. The molecule has 0 amide bonds. The molecule has 2 heterocycles. The van der Waals surface area contributed by atoms with Crippen LogP contribution in [0.1, 0.15) is 29.9 Å². The highest BCUT2D eigenvalue weighted by Crippen LogP contribution is 2.35. The third kappa shape index (κ3) is 4.68. The fourth-order valence-electron chi connectivity index (χ4n) is 2.60. The number of aromatic nitrogens is 2. The van der Waals surface area contributed by atoms with Gasteiger partial charge in [0.25, 0.3) is 0 Å². The molecule has 0 fully saturated rings. The van der Waals surface area contributed by atoms with Gasteiger partial charge in [-0.25, -0.2) is 9.97 Å². The molecule has 0 saturated carbocycles. The molecule has 1 aromatic carbocycles. The van der Waals surface area contributed by atoms with Gasteiger partial charge in [-0.15, -0.1) is 11.3 Å². The summed E-state index contributed by atoms with van der Waals surface area (Å²) in [6.45, 7) is 5.02. The average Bonchev–Trinajstić information content (AvgIpc) is 3.09. The normalized spacial score (nSPS) is 12.4. The molecular formula is C20H25N5OS. The van der Waals surface area contributed by atoms with Crippen LogP contribution in [0.2, 0.25) is 0 Å². The van der Waals surface area contributed by atoms with Crippen molar-refractivity contribution in [1.82, 2.24) is 14.9 Å². The van der Waals surface area contributed by atoms with E-state index in [1.165, 1.54) is 11.9 Å². The SMILES string of the molecule is CN(C)Cc1ccc(C=NNc2ncnc3sc(C(C)(C)CO)cc23)cc1. The van der Waals surface area contributed by atoms with Gasteiger partial charge in [0.15, 0.2) is 5.82 Å². The van der Waals surface area contributed by atoms with E-state index in [1.807, 2.05) is 32.0 Å². The van der Waals surface area contributed by atoms with Gasteiger partial charge in [-0.05, 0) is 31.3 Å². The lowest BCUT2D eigenvalue weighted by molar-refractivity contribution is 0.221. The smallest absolute Gasteiger partial charge is 0.158 e. The zero-order chi connectivity index (χ0) is 19.4. The molecule has 7 heteroatoms. The summed E-state index contributed by atoms with van der Waals surface area (Å²) in [5.41, 5.74) is 4.99. The van der Waals surface area contributed by atoms with E-state index in [0.29, 0.717) is 5.82 Å². The molecule has 142 valence electrons. The van der Waals surface area contributed by atoms with Crippen molar-refractivity contribution in [3.8, 4) is 0 Å². The first kappa shape index (κ1) is 19.4. The molecule has 0 aliphatic carbocycles. The van der Waals surface area contributed by atoms with Crippen LogP contribution in [0.3, 0.4) is 0 Å². The fraction of sp³-hybridized carbons (Fsp3) is 0.350. The monoisotopic (exact) mass is 383 g/mol. The molecule has 0 aliphatic heterocycles. The second kappa shape index (κ2) is 8.12. The summed E-state index contributed by atoms with van der Waals surface area (Å²) in [6.07, 6.45) is 3.31. The van der Waals surface area contributed by atoms with E-state index in [4.69, 9.17) is 0 Å². The molecular weight excluding hydrogens is 358 g/mol. The third-order valence-electron chi connectivity index (χ3n) is 4.25. The van der Waals surface area contributed by atoms with E-state index in [1.54, 1.807) is 17.6 Å². The van der Waals surface area contributed by atoms with E-state index in [0.717, 1.165) is 27.2 Å². The lowest BCUT2D eigenvalue weighted by Crippen LogP contribution is -2.20. The van der Waals surface area contributed by atoms with Gasteiger partial charge >= 0.3 is 0 Å². The van der Waals surface area contributed by atoms with E-state index in [9.17, 15) is 5.11 Å². The number of fused-ring (bicyclic) bond motifs is 1. The number of aliphatic hydroxyl groups excluding tert-OH is 1. The van der Waals surface area contributed by atoms with E-state index < -0.39 is 0 Å². The van der Waals surface area contributed by atoms with Crippen molar-refractivity contribution in [2.45, 2.75) is 25.8 Å². The number of thiophene rings is 1. The molecule has 0 atom stereocenters. The van der Waals surface area contributed by atoms with Crippen molar-refractivity contribution in [3.63, 3.8) is 0 Å². The van der Waals surface area contributed by atoms with Gasteiger partial charge in [0, 0.05) is 16.8 Å². The molecule has 27 heavy (non-hydrogen) atoms. The molecule has 0 saturated heterocycles. The van der Waals surface area contributed by atoms with Crippen molar-refractivity contribution < 1.29 is 5.11 Å². The Labute approximate surface area is 163 Å². The summed E-state index contributed by atoms with van der Waals surface area (Å²) in [5.74, 6) is 0.664. The highest BCUT2D eigenvalue weighted by molar-refractivity contribution is 7.18. The van der Waals surface area contributed by atoms with Crippen LogP contribution in [-0.2, 0) is 12.0 Å². The maximum Gasteiger partial charge on any atom is 0.158 e. The van der Waals surface area contributed by atoms with Gasteiger partial charge < -0.3 is 10.0 Å². The Kier molecular flexibility index (Phi) is 5.84. The van der Waals surface area contributed by atoms with Gasteiger partial charge in [0.1, 0.15) is 11.2 Å². The Bertz CT molecular complexity index is 931. The van der Waals surface area contributed by atoms with Gasteiger partial charge in [-0.3, -0.25) is 5.43 Å². The van der Waals surface area contributed by atoms with Crippen molar-refractivity contribution >= 4 is 33.6 Å². The Hall–Kier alpha value is -2.35. The summed E-state index contributed by atoms with van der Waals surface area (Å²) in [5, 5.41) is 14.8. The highest BCUT2D eigenvalue weighted by atomic mass is 32.1. The van der Waals surface area contributed by atoms with Crippen LogP contribution in [0.4, 0.5) is 5.82 Å². The molecule has 0 bridgehead atoms. The topological polar surface area (TPSA) is 73.6 Å². The van der Waals surface area contributed by atoms with Crippen LogP contribution in [0.15, 0.2) is 41.8 Å². The zero-order valence-electron chi connectivity index (χ0n) is 16.1. The van der Waals surface area contributed by atoms with Crippen LogP contribution in [0.5, 0.6) is 0 Å². The van der Waals surface area contributed by atoms with Crippen LogP contribution >= 0.6 is 11.3 Å². The predicted molar refractivity (Wildman–Crippen MR) is 113 cm³/mol. The molecule has 6 nitrogen and oxygen atoms in total. The van der Waals surface area contributed by atoms with Crippen LogP contribution in [0, 0.1) is 0 Å². The standard InChI is InChI=1S/C20H25N5OS/c1-20(2,12-26)17-9-16-18(21-13-22-19(16)27-17)24-23-10-14-5-7-15(8-6-14)11-25(3)4/h5-10,13,26H,11-12H2,1-4H3,(H,21,22,24). The van der Waals surface area contributed by atoms with Gasteiger partial charge in [0.2, 0.25) is 0 Å². The summed E-state index contributed by atoms with van der Waals surface area (Å²) < 4.78 is 0. The maximum atomic E-state index is 9.61. The second-order valence-electron chi connectivity index (χ2n) is 7.44. The van der Waals surface area contributed by atoms with Crippen molar-refractivity contribution in [2.75, 3.05) is 26.1 Å². The Morgan fingerprint density at radius 3 is 2.63 bits per heavy atom. The molecule has 0 radical (unpaired) electrons. The minimum atomic E-state index is -0.305. The number of hydrazone groups is 1. The predicted octanol–water partition coefficient (Wildman–Crippen LogP) is 3.47. The van der Waals surface area contributed by atoms with Crippen LogP contribution in [-0.4, -0.2) is 46.9 Å². The number of anilines is 1. The number of nitrogens with zero attached hydrogens (tertiary/aromatic N) is 4. The Balaban J connectivity index is 1.75. The van der Waals surface area contributed by atoms with Gasteiger partial charge in [-0.1, -0.05) is 38.1 Å². The highest BCUT2D eigenvalue weighted by Gasteiger charge is 2.23. The molecule has 2 N–H and O–H groups in total. The maximum absolute atomic E-state index is 9.61. The van der Waals surface area contributed by atoms with Crippen molar-refractivity contribution in [1.29, 1.82) is 0 Å². The van der Waals surface area contributed by atoms with Gasteiger partial charge in [-0.2, -0.15) is 5.10 Å². The minimum absolute atomic E-state index is 0.0813. The number of hydrogen-bond donors (Lipinski definition) is 2. The third-order valence-corrected chi connectivity index (χ3v) is 5.66.